The fourth-order valence-corrected chi connectivity index (χ4v) is 4.47. The first-order valence-corrected chi connectivity index (χ1v) is 11.1. The maximum Gasteiger partial charge on any atom is 0.135 e. The quantitative estimate of drug-likeness (QED) is 0.575. The van der Waals surface area contributed by atoms with Gasteiger partial charge in [0.05, 0.1) is 11.6 Å². The lowest BCUT2D eigenvalue weighted by Crippen LogP contribution is -2.44. The van der Waals surface area contributed by atoms with E-state index < -0.39 is 11.6 Å². The lowest BCUT2D eigenvalue weighted by Gasteiger charge is -2.33. The smallest absolute Gasteiger partial charge is 0.135 e. The molecule has 3 heterocycles. The summed E-state index contributed by atoms with van der Waals surface area (Å²) >= 11 is 0. The van der Waals surface area contributed by atoms with Gasteiger partial charge in [0, 0.05) is 43.7 Å². The van der Waals surface area contributed by atoms with E-state index >= 15 is 0 Å². The van der Waals surface area contributed by atoms with E-state index in [4.69, 9.17) is 0 Å². The monoisotopic (exact) mass is 432 g/mol. The highest BCUT2D eigenvalue weighted by Gasteiger charge is 2.24. The molecule has 1 unspecified atom stereocenters. The molecule has 1 atom stereocenters. The molecule has 0 N–H and O–H groups in total. The van der Waals surface area contributed by atoms with Gasteiger partial charge in [-0.1, -0.05) is 30.3 Å². The summed E-state index contributed by atoms with van der Waals surface area (Å²) in [7, 11) is 2.15. The second-order valence-corrected chi connectivity index (χ2v) is 8.54. The Morgan fingerprint density at radius 3 is 2.19 bits per heavy atom. The highest BCUT2D eigenvalue weighted by molar-refractivity contribution is 6.02. The normalized spacial score (nSPS) is 19.3. The molecule has 0 aliphatic carbocycles. The fraction of sp³-hybridized carbons (Fsp3) is 0.308. The van der Waals surface area contributed by atoms with Gasteiger partial charge in [-0.25, -0.2) is 13.8 Å². The van der Waals surface area contributed by atoms with Gasteiger partial charge in [-0.15, -0.1) is 0 Å². The van der Waals surface area contributed by atoms with E-state index in [9.17, 15) is 8.78 Å². The number of aromatic nitrogens is 1. The summed E-state index contributed by atoms with van der Waals surface area (Å²) in [6.07, 6.45) is 3.25. The van der Waals surface area contributed by atoms with Crippen molar-refractivity contribution in [2.75, 3.05) is 38.1 Å². The van der Waals surface area contributed by atoms with Gasteiger partial charge in [-0.2, -0.15) is 0 Å². The first kappa shape index (κ1) is 20.8. The summed E-state index contributed by atoms with van der Waals surface area (Å²) in [5.41, 5.74) is 3.74. The first-order valence-electron chi connectivity index (χ1n) is 11.1. The summed E-state index contributed by atoms with van der Waals surface area (Å²) in [6.45, 7) is 4.11. The minimum absolute atomic E-state index is 0.0122. The average molecular weight is 433 g/mol. The standard InChI is InChI=1S/C26H26F2N4/c1-31-13-15-32(16-14-31)25-12-9-20(17-29-25)18-5-7-19(8-6-18)23-10-11-24(30-23)26-21(27)3-2-4-22(26)28/h2-9,12,17,23H,10-11,13-16H2,1H3. The number of nitrogens with zero attached hydrogens (tertiary/aromatic N) is 4. The number of hydrogen-bond donors (Lipinski definition) is 0. The Hall–Kier alpha value is -3.12. The van der Waals surface area contributed by atoms with Crippen LogP contribution in [0.1, 0.15) is 30.0 Å². The molecule has 0 saturated carbocycles. The Labute approximate surface area is 187 Å². The molecule has 1 saturated heterocycles. The molecule has 2 aromatic carbocycles. The maximum atomic E-state index is 14.1. The molecule has 3 aromatic rings. The number of piperazine rings is 1. The van der Waals surface area contributed by atoms with E-state index in [1.165, 1.54) is 18.2 Å². The van der Waals surface area contributed by atoms with Crippen LogP contribution in [0.3, 0.4) is 0 Å². The minimum atomic E-state index is -0.549. The van der Waals surface area contributed by atoms with Gasteiger partial charge in [0.15, 0.2) is 0 Å². The summed E-state index contributed by atoms with van der Waals surface area (Å²) in [6, 6.07) is 16.3. The third-order valence-electron chi connectivity index (χ3n) is 6.42. The molecule has 2 aliphatic heterocycles. The lowest BCUT2D eigenvalue weighted by atomic mass is 10.00. The molecule has 164 valence electrons. The van der Waals surface area contributed by atoms with Crippen LogP contribution < -0.4 is 4.90 Å². The number of hydrogen-bond acceptors (Lipinski definition) is 4. The molecule has 1 fully saturated rings. The predicted molar refractivity (Wildman–Crippen MR) is 124 cm³/mol. The third kappa shape index (κ3) is 4.15. The van der Waals surface area contributed by atoms with Crippen molar-refractivity contribution in [1.82, 2.24) is 9.88 Å². The van der Waals surface area contributed by atoms with Gasteiger partial charge in [-0.05, 0) is 55.3 Å². The van der Waals surface area contributed by atoms with Gasteiger partial charge in [0.2, 0.25) is 0 Å². The van der Waals surface area contributed by atoms with E-state index in [2.05, 4.69) is 63.2 Å². The van der Waals surface area contributed by atoms with Gasteiger partial charge < -0.3 is 9.80 Å². The number of anilines is 1. The molecule has 0 bridgehead atoms. The number of benzene rings is 2. The molecule has 0 amide bonds. The van der Waals surface area contributed by atoms with Crippen LogP contribution in [0, 0.1) is 11.6 Å². The Bertz CT molecular complexity index is 1100. The molecule has 1 aromatic heterocycles. The van der Waals surface area contributed by atoms with Crippen molar-refractivity contribution in [3.63, 3.8) is 0 Å². The molecule has 32 heavy (non-hydrogen) atoms. The van der Waals surface area contributed by atoms with Gasteiger partial charge in [-0.3, -0.25) is 4.99 Å². The van der Waals surface area contributed by atoms with Crippen molar-refractivity contribution in [2.24, 2.45) is 4.99 Å². The third-order valence-corrected chi connectivity index (χ3v) is 6.42. The SMILES string of the molecule is CN1CCN(c2ccc(-c3ccc(C4CCC(c5c(F)cccc5F)=N4)cc3)cn2)CC1. The molecular weight excluding hydrogens is 406 g/mol. The second kappa shape index (κ2) is 8.79. The Morgan fingerprint density at radius 1 is 0.844 bits per heavy atom. The van der Waals surface area contributed by atoms with Crippen LogP contribution in [0.5, 0.6) is 0 Å². The Kier molecular flexibility index (Phi) is 5.70. The van der Waals surface area contributed by atoms with Crippen LogP contribution in [0.15, 0.2) is 65.8 Å². The fourth-order valence-electron chi connectivity index (χ4n) is 4.47. The van der Waals surface area contributed by atoms with E-state index in [1.54, 1.807) is 0 Å². The number of likely N-dealkylation sites (N-methyl/N-ethyl adjacent to an activating group) is 1. The van der Waals surface area contributed by atoms with Crippen molar-refractivity contribution in [1.29, 1.82) is 0 Å². The van der Waals surface area contributed by atoms with Crippen molar-refractivity contribution < 1.29 is 8.78 Å². The topological polar surface area (TPSA) is 31.7 Å². The first-order chi connectivity index (χ1) is 15.6. The number of pyridine rings is 1. The van der Waals surface area contributed by atoms with E-state index in [0.29, 0.717) is 12.1 Å². The van der Waals surface area contributed by atoms with E-state index in [0.717, 1.165) is 55.1 Å². The average Bonchev–Trinajstić information content (AvgIpc) is 3.29. The van der Waals surface area contributed by atoms with Crippen molar-refractivity contribution in [3.8, 4) is 11.1 Å². The van der Waals surface area contributed by atoms with Gasteiger partial charge in [0.1, 0.15) is 17.5 Å². The second-order valence-electron chi connectivity index (χ2n) is 8.54. The summed E-state index contributed by atoms with van der Waals surface area (Å²) < 4.78 is 28.2. The molecular formula is C26H26F2N4. The van der Waals surface area contributed by atoms with Crippen LogP contribution in [-0.2, 0) is 0 Å². The minimum Gasteiger partial charge on any atom is -0.354 e. The van der Waals surface area contributed by atoms with Crippen LogP contribution in [0.25, 0.3) is 11.1 Å². The predicted octanol–water partition coefficient (Wildman–Crippen LogP) is 5.10. The summed E-state index contributed by atoms with van der Waals surface area (Å²) in [5, 5.41) is 0. The zero-order chi connectivity index (χ0) is 22.1. The molecule has 4 nitrogen and oxygen atoms in total. The molecule has 0 spiro atoms. The Morgan fingerprint density at radius 2 is 1.53 bits per heavy atom. The van der Waals surface area contributed by atoms with E-state index in [-0.39, 0.29) is 11.6 Å². The van der Waals surface area contributed by atoms with Crippen molar-refractivity contribution >= 4 is 11.5 Å². The van der Waals surface area contributed by atoms with Crippen molar-refractivity contribution in [3.05, 3.63) is 83.6 Å². The van der Waals surface area contributed by atoms with Gasteiger partial charge in [0.25, 0.3) is 0 Å². The zero-order valence-corrected chi connectivity index (χ0v) is 18.1. The molecule has 5 rings (SSSR count). The largest absolute Gasteiger partial charge is 0.354 e. The van der Waals surface area contributed by atoms with Crippen molar-refractivity contribution in [2.45, 2.75) is 18.9 Å². The molecule has 2 aliphatic rings. The van der Waals surface area contributed by atoms with Crippen LogP contribution in [0.4, 0.5) is 14.6 Å². The van der Waals surface area contributed by atoms with E-state index in [1.807, 2.05) is 6.20 Å². The van der Waals surface area contributed by atoms with Gasteiger partial charge >= 0.3 is 0 Å². The number of rotatable bonds is 4. The number of aliphatic imine (C=N–C) groups is 1. The maximum absolute atomic E-state index is 14.1. The van der Waals surface area contributed by atoms with Crippen LogP contribution >= 0.6 is 0 Å². The molecule has 0 radical (unpaired) electrons. The van der Waals surface area contributed by atoms with Crippen LogP contribution in [0.2, 0.25) is 0 Å². The summed E-state index contributed by atoms with van der Waals surface area (Å²) in [5.74, 6) is -0.0776. The zero-order valence-electron chi connectivity index (χ0n) is 18.1. The van der Waals surface area contributed by atoms with Crippen LogP contribution in [-0.4, -0.2) is 48.8 Å². The number of halogens is 2. The Balaban J connectivity index is 1.30. The molecule has 6 heteroatoms. The highest BCUT2D eigenvalue weighted by atomic mass is 19.1. The highest BCUT2D eigenvalue weighted by Crippen LogP contribution is 2.33. The summed E-state index contributed by atoms with van der Waals surface area (Å²) in [4.78, 5) is 14.0. The lowest BCUT2D eigenvalue weighted by molar-refractivity contribution is 0.312.